The minimum absolute atomic E-state index is 0.0948. The standard InChI is InChI=1S/C22H29N5O/c1-17-6-2-3-7-20(17)18-8-12-26(16-18)13-9-23-21(28)19-14-24-22(25-15-19)27-10-4-5-11-27/h2-3,6-7,14-15,18H,4-5,8-13,16H2,1H3,(H,23,28)/t18-/m1/s1. The highest BCUT2D eigenvalue weighted by molar-refractivity contribution is 5.93. The van der Waals surface area contributed by atoms with Gasteiger partial charge < -0.3 is 15.1 Å². The molecule has 1 N–H and O–H groups in total. The topological polar surface area (TPSA) is 61.4 Å². The number of aromatic nitrogens is 2. The predicted octanol–water partition coefficient (Wildman–Crippen LogP) is 2.60. The summed E-state index contributed by atoms with van der Waals surface area (Å²) in [6.07, 6.45) is 6.84. The molecule has 0 radical (unpaired) electrons. The summed E-state index contributed by atoms with van der Waals surface area (Å²) in [5.41, 5.74) is 3.37. The Hall–Kier alpha value is -2.47. The van der Waals surface area contributed by atoms with E-state index in [2.05, 4.69) is 56.3 Å². The Morgan fingerprint density at radius 3 is 2.64 bits per heavy atom. The zero-order valence-corrected chi connectivity index (χ0v) is 16.6. The summed E-state index contributed by atoms with van der Waals surface area (Å²) in [6.45, 7) is 7.87. The summed E-state index contributed by atoms with van der Waals surface area (Å²) in [7, 11) is 0. The fourth-order valence-electron chi connectivity index (χ4n) is 4.28. The number of aryl methyl sites for hydroxylation is 1. The van der Waals surface area contributed by atoms with Gasteiger partial charge in [0.05, 0.1) is 5.56 Å². The van der Waals surface area contributed by atoms with Crippen LogP contribution < -0.4 is 10.2 Å². The fraction of sp³-hybridized carbons (Fsp3) is 0.500. The molecule has 2 aromatic rings. The summed E-state index contributed by atoms with van der Waals surface area (Å²) in [5, 5.41) is 3.01. The van der Waals surface area contributed by atoms with Crippen molar-refractivity contribution >= 4 is 11.9 Å². The van der Waals surface area contributed by atoms with Crippen LogP contribution in [-0.2, 0) is 0 Å². The molecule has 1 aromatic carbocycles. The quantitative estimate of drug-likeness (QED) is 0.836. The molecule has 6 nitrogen and oxygen atoms in total. The second-order valence-electron chi connectivity index (χ2n) is 7.86. The zero-order chi connectivity index (χ0) is 19.3. The first-order chi connectivity index (χ1) is 13.7. The van der Waals surface area contributed by atoms with Crippen molar-refractivity contribution in [3.63, 3.8) is 0 Å². The molecule has 2 aliphatic rings. The van der Waals surface area contributed by atoms with Gasteiger partial charge in [0.1, 0.15) is 0 Å². The number of benzene rings is 1. The van der Waals surface area contributed by atoms with Crippen LogP contribution in [0.15, 0.2) is 36.7 Å². The molecule has 1 aromatic heterocycles. The van der Waals surface area contributed by atoms with Crippen LogP contribution in [0.25, 0.3) is 0 Å². The van der Waals surface area contributed by atoms with Crippen LogP contribution in [0.5, 0.6) is 0 Å². The monoisotopic (exact) mass is 379 g/mol. The van der Waals surface area contributed by atoms with Gasteiger partial charge in [0.15, 0.2) is 0 Å². The average Bonchev–Trinajstić information content (AvgIpc) is 3.41. The highest BCUT2D eigenvalue weighted by atomic mass is 16.1. The zero-order valence-electron chi connectivity index (χ0n) is 16.6. The Kier molecular flexibility index (Phi) is 5.86. The van der Waals surface area contributed by atoms with E-state index in [1.807, 2.05) is 0 Å². The smallest absolute Gasteiger partial charge is 0.254 e. The molecule has 0 aliphatic carbocycles. The van der Waals surface area contributed by atoms with Gasteiger partial charge >= 0.3 is 0 Å². The largest absolute Gasteiger partial charge is 0.351 e. The third-order valence-electron chi connectivity index (χ3n) is 5.90. The second-order valence-corrected chi connectivity index (χ2v) is 7.86. The molecule has 2 aliphatic heterocycles. The average molecular weight is 380 g/mol. The number of carbonyl (C=O) groups is 1. The van der Waals surface area contributed by atoms with E-state index < -0.39 is 0 Å². The van der Waals surface area contributed by atoms with Crippen molar-refractivity contribution in [3.05, 3.63) is 53.3 Å². The predicted molar refractivity (Wildman–Crippen MR) is 111 cm³/mol. The van der Waals surface area contributed by atoms with Crippen LogP contribution in [0.4, 0.5) is 5.95 Å². The Morgan fingerprint density at radius 1 is 1.14 bits per heavy atom. The van der Waals surface area contributed by atoms with Gasteiger partial charge in [-0.3, -0.25) is 4.79 Å². The summed E-state index contributed by atoms with van der Waals surface area (Å²) < 4.78 is 0. The first kappa shape index (κ1) is 18.9. The molecule has 2 saturated heterocycles. The first-order valence-electron chi connectivity index (χ1n) is 10.3. The molecule has 0 saturated carbocycles. The summed E-state index contributed by atoms with van der Waals surface area (Å²) in [5.74, 6) is 1.24. The lowest BCUT2D eigenvalue weighted by Gasteiger charge is -2.17. The minimum atomic E-state index is -0.0948. The van der Waals surface area contributed by atoms with E-state index in [9.17, 15) is 4.79 Å². The lowest BCUT2D eigenvalue weighted by atomic mass is 9.94. The molecule has 148 valence electrons. The van der Waals surface area contributed by atoms with Gasteiger partial charge in [-0.2, -0.15) is 0 Å². The fourth-order valence-corrected chi connectivity index (χ4v) is 4.28. The van der Waals surface area contributed by atoms with E-state index in [1.165, 1.54) is 30.4 Å². The number of nitrogens with one attached hydrogen (secondary N) is 1. The van der Waals surface area contributed by atoms with Gasteiger partial charge in [0.2, 0.25) is 5.95 Å². The van der Waals surface area contributed by atoms with Crippen molar-refractivity contribution in [3.8, 4) is 0 Å². The van der Waals surface area contributed by atoms with E-state index in [-0.39, 0.29) is 5.91 Å². The molecule has 2 fully saturated rings. The SMILES string of the molecule is Cc1ccccc1[C@@H]1CCN(CCNC(=O)c2cnc(N3CCCC3)nc2)C1. The van der Waals surface area contributed by atoms with Crippen molar-refractivity contribution in [2.24, 2.45) is 0 Å². The van der Waals surface area contributed by atoms with Crippen molar-refractivity contribution in [1.29, 1.82) is 0 Å². The third-order valence-corrected chi connectivity index (χ3v) is 5.90. The summed E-state index contributed by atoms with van der Waals surface area (Å²) >= 11 is 0. The Morgan fingerprint density at radius 2 is 1.89 bits per heavy atom. The van der Waals surface area contributed by atoms with Gasteiger partial charge in [0, 0.05) is 45.1 Å². The summed E-state index contributed by atoms with van der Waals surface area (Å²) in [4.78, 5) is 25.7. The van der Waals surface area contributed by atoms with E-state index in [0.717, 1.165) is 38.7 Å². The van der Waals surface area contributed by atoms with E-state index in [4.69, 9.17) is 0 Å². The number of anilines is 1. The van der Waals surface area contributed by atoms with Crippen LogP contribution in [0.2, 0.25) is 0 Å². The van der Waals surface area contributed by atoms with E-state index in [0.29, 0.717) is 18.0 Å². The van der Waals surface area contributed by atoms with Crippen molar-refractivity contribution in [2.75, 3.05) is 44.2 Å². The lowest BCUT2D eigenvalue weighted by molar-refractivity contribution is 0.0949. The van der Waals surface area contributed by atoms with Gasteiger partial charge in [-0.25, -0.2) is 9.97 Å². The van der Waals surface area contributed by atoms with Gasteiger partial charge in [-0.15, -0.1) is 0 Å². The van der Waals surface area contributed by atoms with Crippen molar-refractivity contribution in [2.45, 2.75) is 32.1 Å². The maximum Gasteiger partial charge on any atom is 0.254 e. The highest BCUT2D eigenvalue weighted by Crippen LogP contribution is 2.28. The van der Waals surface area contributed by atoms with Gasteiger partial charge in [0.25, 0.3) is 5.91 Å². The van der Waals surface area contributed by atoms with Crippen molar-refractivity contribution < 1.29 is 4.79 Å². The van der Waals surface area contributed by atoms with Crippen LogP contribution in [0.1, 0.15) is 46.7 Å². The maximum absolute atomic E-state index is 12.4. The van der Waals surface area contributed by atoms with E-state index in [1.54, 1.807) is 12.4 Å². The highest BCUT2D eigenvalue weighted by Gasteiger charge is 2.24. The molecule has 1 atom stereocenters. The number of hydrogen-bond acceptors (Lipinski definition) is 5. The number of likely N-dealkylation sites (tertiary alicyclic amines) is 1. The number of hydrogen-bond donors (Lipinski definition) is 1. The Bertz CT molecular complexity index is 801. The van der Waals surface area contributed by atoms with Gasteiger partial charge in [-0.05, 0) is 49.8 Å². The molecule has 0 bridgehead atoms. The first-order valence-corrected chi connectivity index (χ1v) is 10.3. The number of nitrogens with zero attached hydrogens (tertiary/aromatic N) is 4. The molecule has 1 amide bonds. The van der Waals surface area contributed by atoms with Crippen LogP contribution in [-0.4, -0.2) is 60.0 Å². The second kappa shape index (κ2) is 8.69. The Balaban J connectivity index is 1.23. The number of rotatable bonds is 6. The molecule has 4 rings (SSSR count). The van der Waals surface area contributed by atoms with E-state index >= 15 is 0 Å². The molecule has 0 unspecified atom stereocenters. The molecule has 28 heavy (non-hydrogen) atoms. The maximum atomic E-state index is 12.4. The lowest BCUT2D eigenvalue weighted by Crippen LogP contribution is -2.34. The molecular formula is C22H29N5O. The minimum Gasteiger partial charge on any atom is -0.351 e. The van der Waals surface area contributed by atoms with Crippen LogP contribution in [0, 0.1) is 6.92 Å². The van der Waals surface area contributed by atoms with Crippen LogP contribution >= 0.6 is 0 Å². The number of carbonyl (C=O) groups excluding carboxylic acids is 1. The van der Waals surface area contributed by atoms with Gasteiger partial charge in [-0.1, -0.05) is 24.3 Å². The summed E-state index contributed by atoms with van der Waals surface area (Å²) in [6, 6.07) is 8.66. The molecule has 3 heterocycles. The normalized spacial score (nSPS) is 19.9. The van der Waals surface area contributed by atoms with Crippen molar-refractivity contribution in [1.82, 2.24) is 20.2 Å². The van der Waals surface area contributed by atoms with Crippen LogP contribution in [0.3, 0.4) is 0 Å². The third kappa shape index (κ3) is 4.33. The molecular weight excluding hydrogens is 350 g/mol. The molecule has 0 spiro atoms. The number of amides is 1. The molecule has 6 heteroatoms. The Labute approximate surface area is 167 Å².